The molecule has 2 fully saturated rings. The standard InChI is InChI=1S/C27H29F6N3O2S/c1-35-11-9-19(10-12-35)34-20-3-2-4-21(17-20)39-22-7-5-18(6-8-23(37)36-13-15-38-16-14-36)24(26(28,29)30)25(22)27(31,32)33/h2-8,17,19,34H,9-16H2,1H3/b8-6+. The number of hydrogen-bond acceptors (Lipinski definition) is 5. The van der Waals surface area contributed by atoms with Gasteiger partial charge in [-0.05, 0) is 68.9 Å². The number of carbonyl (C=O) groups is 1. The first kappa shape index (κ1) is 29.3. The molecule has 2 aromatic carbocycles. The van der Waals surface area contributed by atoms with Crippen LogP contribution in [0.3, 0.4) is 0 Å². The molecule has 0 aromatic heterocycles. The Hall–Kier alpha value is -2.70. The number of amides is 1. The molecule has 0 spiro atoms. The summed E-state index contributed by atoms with van der Waals surface area (Å²) in [7, 11) is 2.03. The number of alkyl halides is 6. The van der Waals surface area contributed by atoms with Crippen LogP contribution in [0.5, 0.6) is 0 Å². The first-order valence-electron chi connectivity index (χ1n) is 12.5. The smallest absolute Gasteiger partial charge is 0.382 e. The highest BCUT2D eigenvalue weighted by Crippen LogP contribution is 2.48. The number of nitrogens with one attached hydrogen (secondary N) is 1. The number of piperidine rings is 1. The third kappa shape index (κ3) is 7.70. The first-order chi connectivity index (χ1) is 18.4. The fraction of sp³-hybridized carbons (Fsp3) is 0.444. The van der Waals surface area contributed by atoms with Crippen molar-refractivity contribution < 1.29 is 35.9 Å². The molecule has 2 saturated heterocycles. The highest BCUT2D eigenvalue weighted by Gasteiger charge is 2.46. The fourth-order valence-corrected chi connectivity index (χ4v) is 5.67. The summed E-state index contributed by atoms with van der Waals surface area (Å²) in [6.45, 7) is 2.91. The van der Waals surface area contributed by atoms with Crippen molar-refractivity contribution in [3.05, 3.63) is 59.2 Å². The maximum absolute atomic E-state index is 14.2. The van der Waals surface area contributed by atoms with Crippen molar-refractivity contribution in [2.75, 3.05) is 51.8 Å². The molecule has 2 aliphatic heterocycles. The molecule has 0 bridgehead atoms. The van der Waals surface area contributed by atoms with E-state index in [0.717, 1.165) is 50.2 Å². The van der Waals surface area contributed by atoms with E-state index in [1.807, 2.05) is 7.05 Å². The molecule has 0 saturated carbocycles. The van der Waals surface area contributed by atoms with Crippen LogP contribution in [0.25, 0.3) is 6.08 Å². The Balaban J connectivity index is 1.64. The molecule has 12 heteroatoms. The predicted octanol–water partition coefficient (Wildman–Crippen LogP) is 6.25. The quantitative estimate of drug-likeness (QED) is 0.327. The number of benzene rings is 2. The number of likely N-dealkylation sites (tertiary alicyclic amines) is 1. The van der Waals surface area contributed by atoms with Crippen molar-refractivity contribution in [1.82, 2.24) is 9.80 Å². The molecule has 0 aliphatic carbocycles. The van der Waals surface area contributed by atoms with Crippen LogP contribution in [0.1, 0.15) is 29.5 Å². The van der Waals surface area contributed by atoms with Crippen molar-refractivity contribution in [2.24, 2.45) is 0 Å². The van der Waals surface area contributed by atoms with Crippen LogP contribution in [-0.2, 0) is 21.9 Å². The highest BCUT2D eigenvalue weighted by molar-refractivity contribution is 7.99. The number of hydrogen-bond donors (Lipinski definition) is 1. The summed E-state index contributed by atoms with van der Waals surface area (Å²) < 4.78 is 90.1. The van der Waals surface area contributed by atoms with Gasteiger partial charge >= 0.3 is 12.4 Å². The minimum Gasteiger partial charge on any atom is -0.382 e. The number of morpholine rings is 1. The first-order valence-corrected chi connectivity index (χ1v) is 13.3. The highest BCUT2D eigenvalue weighted by atomic mass is 32.2. The number of rotatable bonds is 6. The van der Waals surface area contributed by atoms with Crippen molar-refractivity contribution in [3.8, 4) is 0 Å². The Labute approximate surface area is 227 Å². The van der Waals surface area contributed by atoms with Gasteiger partial charge in [-0.15, -0.1) is 0 Å². The zero-order chi connectivity index (χ0) is 28.2. The number of ether oxygens (including phenoxy) is 1. The molecule has 0 atom stereocenters. The predicted molar refractivity (Wildman–Crippen MR) is 138 cm³/mol. The largest absolute Gasteiger partial charge is 0.418 e. The zero-order valence-corrected chi connectivity index (χ0v) is 22.1. The second kappa shape index (κ2) is 12.2. The van der Waals surface area contributed by atoms with Gasteiger partial charge < -0.3 is 19.9 Å². The topological polar surface area (TPSA) is 44.8 Å². The molecule has 5 nitrogen and oxygen atoms in total. The summed E-state index contributed by atoms with van der Waals surface area (Å²) in [5, 5.41) is 3.38. The molecule has 1 amide bonds. The van der Waals surface area contributed by atoms with E-state index in [1.165, 1.54) is 4.90 Å². The molecule has 0 unspecified atom stereocenters. The van der Waals surface area contributed by atoms with Crippen LogP contribution in [0.2, 0.25) is 0 Å². The Morgan fingerprint density at radius 2 is 1.64 bits per heavy atom. The molecule has 4 rings (SSSR count). The molecule has 1 N–H and O–H groups in total. The van der Waals surface area contributed by atoms with Gasteiger partial charge in [0.15, 0.2) is 0 Å². The third-order valence-electron chi connectivity index (χ3n) is 6.65. The maximum atomic E-state index is 14.2. The van der Waals surface area contributed by atoms with E-state index in [0.29, 0.717) is 22.3 Å². The van der Waals surface area contributed by atoms with Gasteiger partial charge in [0.05, 0.1) is 24.3 Å². The van der Waals surface area contributed by atoms with Gasteiger partial charge in [-0.3, -0.25) is 4.79 Å². The lowest BCUT2D eigenvalue weighted by Crippen LogP contribution is -2.39. The number of halogens is 6. The summed E-state index contributed by atoms with van der Waals surface area (Å²) in [6, 6.07) is 8.86. The van der Waals surface area contributed by atoms with Crippen molar-refractivity contribution in [1.29, 1.82) is 0 Å². The van der Waals surface area contributed by atoms with Crippen LogP contribution < -0.4 is 5.32 Å². The van der Waals surface area contributed by atoms with Gasteiger partial charge in [0, 0.05) is 40.7 Å². The van der Waals surface area contributed by atoms with E-state index in [2.05, 4.69) is 10.2 Å². The van der Waals surface area contributed by atoms with Gasteiger partial charge in [-0.25, -0.2) is 0 Å². The zero-order valence-electron chi connectivity index (χ0n) is 21.2. The summed E-state index contributed by atoms with van der Waals surface area (Å²) in [4.78, 5) is 15.8. The van der Waals surface area contributed by atoms with E-state index < -0.39 is 39.8 Å². The third-order valence-corrected chi connectivity index (χ3v) is 7.70. The Kier molecular flexibility index (Phi) is 9.18. The maximum Gasteiger partial charge on any atom is 0.418 e. The summed E-state index contributed by atoms with van der Waals surface area (Å²) in [6.07, 6.45) is -7.10. The van der Waals surface area contributed by atoms with Crippen molar-refractivity contribution >= 4 is 29.4 Å². The normalized spacial score (nSPS) is 18.1. The number of anilines is 1. The fourth-order valence-electron chi connectivity index (χ4n) is 4.63. The van der Waals surface area contributed by atoms with Gasteiger partial charge in [-0.2, -0.15) is 26.3 Å². The van der Waals surface area contributed by atoms with Gasteiger partial charge in [0.2, 0.25) is 5.91 Å². The number of carbonyl (C=O) groups excluding carboxylic acids is 1. The van der Waals surface area contributed by atoms with E-state index in [-0.39, 0.29) is 32.3 Å². The molecule has 2 aliphatic rings. The van der Waals surface area contributed by atoms with Crippen LogP contribution in [0.4, 0.5) is 32.0 Å². The van der Waals surface area contributed by atoms with Crippen molar-refractivity contribution in [2.45, 2.75) is 41.0 Å². The van der Waals surface area contributed by atoms with E-state index in [1.54, 1.807) is 24.3 Å². The second-order valence-corrected chi connectivity index (χ2v) is 10.6. The lowest BCUT2D eigenvalue weighted by molar-refractivity contribution is -0.163. The Morgan fingerprint density at radius 1 is 0.974 bits per heavy atom. The second-order valence-electron chi connectivity index (χ2n) is 9.52. The lowest BCUT2D eigenvalue weighted by atomic mass is 9.99. The Bertz CT molecular complexity index is 1190. The van der Waals surface area contributed by atoms with Crippen LogP contribution in [-0.4, -0.2) is 68.2 Å². The minimum absolute atomic E-state index is 0.204. The molecule has 2 heterocycles. The average Bonchev–Trinajstić information content (AvgIpc) is 2.88. The van der Waals surface area contributed by atoms with Crippen LogP contribution in [0.15, 0.2) is 52.3 Å². The van der Waals surface area contributed by atoms with Crippen molar-refractivity contribution in [3.63, 3.8) is 0 Å². The summed E-state index contributed by atoms with van der Waals surface area (Å²) >= 11 is 0.622. The van der Waals surface area contributed by atoms with Crippen LogP contribution in [0, 0.1) is 0 Å². The van der Waals surface area contributed by atoms with E-state index in [9.17, 15) is 31.1 Å². The van der Waals surface area contributed by atoms with Gasteiger partial charge in [0.25, 0.3) is 0 Å². The van der Waals surface area contributed by atoms with E-state index >= 15 is 0 Å². The molecule has 212 valence electrons. The number of nitrogens with zero attached hydrogens (tertiary/aromatic N) is 2. The van der Waals surface area contributed by atoms with Gasteiger partial charge in [-0.1, -0.05) is 23.9 Å². The summed E-state index contributed by atoms with van der Waals surface area (Å²) in [5.41, 5.74) is -3.61. The molecule has 2 aromatic rings. The van der Waals surface area contributed by atoms with E-state index in [4.69, 9.17) is 4.74 Å². The average molecular weight is 574 g/mol. The van der Waals surface area contributed by atoms with Gasteiger partial charge in [0.1, 0.15) is 0 Å². The molecular formula is C27H29F6N3O2S. The monoisotopic (exact) mass is 573 g/mol. The molecule has 39 heavy (non-hydrogen) atoms. The SMILES string of the molecule is CN1CCC(Nc2cccc(Sc3ccc(/C=C/C(=O)N4CCOCC4)c(C(F)(F)F)c3C(F)(F)F)c2)CC1. The molecule has 0 radical (unpaired) electrons. The molecular weight excluding hydrogens is 544 g/mol. The Morgan fingerprint density at radius 3 is 2.28 bits per heavy atom. The lowest BCUT2D eigenvalue weighted by Gasteiger charge is -2.30. The summed E-state index contributed by atoms with van der Waals surface area (Å²) in [5.74, 6) is -0.590. The van der Waals surface area contributed by atoms with Crippen LogP contribution >= 0.6 is 11.8 Å². The minimum atomic E-state index is -5.30.